The van der Waals surface area contributed by atoms with Crippen LogP contribution in [0.3, 0.4) is 0 Å². The maximum atomic E-state index is 5.58. The molecule has 0 atom stereocenters. The van der Waals surface area contributed by atoms with Crippen molar-refractivity contribution in [2.24, 2.45) is 5.73 Å². The molecule has 18 heavy (non-hydrogen) atoms. The molecule has 1 rings (SSSR count). The number of halogens is 1. The number of methoxy groups -OCH3 is 1. The molecule has 0 saturated heterocycles. The molecule has 0 saturated carbocycles. The summed E-state index contributed by atoms with van der Waals surface area (Å²) in [6.07, 6.45) is 0.953. The van der Waals surface area contributed by atoms with E-state index >= 15 is 0 Å². The molecule has 0 amide bonds. The van der Waals surface area contributed by atoms with Gasteiger partial charge in [-0.1, -0.05) is 15.9 Å². The summed E-state index contributed by atoms with van der Waals surface area (Å²) in [4.78, 5) is 0. The third-order valence-corrected chi connectivity index (χ3v) is 4.55. The fourth-order valence-electron chi connectivity index (χ4n) is 2.16. The molecule has 1 aromatic carbocycles. The normalized spacial score (nSPS) is 10.8. The van der Waals surface area contributed by atoms with Crippen molar-refractivity contribution in [3.8, 4) is 5.75 Å². The van der Waals surface area contributed by atoms with Crippen molar-refractivity contribution in [3.63, 3.8) is 0 Å². The van der Waals surface area contributed by atoms with E-state index in [2.05, 4.69) is 42.0 Å². The van der Waals surface area contributed by atoms with E-state index in [0.29, 0.717) is 6.54 Å². The van der Waals surface area contributed by atoms with Crippen LogP contribution in [0.5, 0.6) is 5.75 Å². The second kappa shape index (κ2) is 7.12. The Morgan fingerprint density at radius 1 is 1.11 bits per heavy atom. The van der Waals surface area contributed by atoms with Crippen LogP contribution >= 0.6 is 15.9 Å². The van der Waals surface area contributed by atoms with Gasteiger partial charge in [0.25, 0.3) is 0 Å². The van der Waals surface area contributed by atoms with E-state index in [4.69, 9.17) is 10.5 Å². The van der Waals surface area contributed by atoms with Crippen molar-refractivity contribution in [2.45, 2.75) is 27.2 Å². The van der Waals surface area contributed by atoms with E-state index in [1.54, 1.807) is 7.11 Å². The number of benzene rings is 1. The lowest BCUT2D eigenvalue weighted by Crippen LogP contribution is -2.24. The van der Waals surface area contributed by atoms with Crippen LogP contribution in [-0.2, 0) is 6.42 Å². The van der Waals surface area contributed by atoms with Gasteiger partial charge in [-0.05, 0) is 56.0 Å². The first-order valence-electron chi connectivity index (χ1n) is 6.27. The van der Waals surface area contributed by atoms with Crippen molar-refractivity contribution in [3.05, 3.63) is 26.7 Å². The lowest BCUT2D eigenvalue weighted by molar-refractivity contribution is 0.405. The van der Waals surface area contributed by atoms with Crippen LogP contribution in [0.4, 0.5) is 0 Å². The maximum absolute atomic E-state index is 5.58. The van der Waals surface area contributed by atoms with Gasteiger partial charge < -0.3 is 15.8 Å². The van der Waals surface area contributed by atoms with E-state index < -0.39 is 0 Å². The minimum Gasteiger partial charge on any atom is -0.496 e. The van der Waals surface area contributed by atoms with Crippen LogP contribution in [0.2, 0.25) is 0 Å². The smallest absolute Gasteiger partial charge is 0.125 e. The molecule has 4 heteroatoms. The number of ether oxygens (including phenoxy) is 1. The van der Waals surface area contributed by atoms with E-state index in [0.717, 1.165) is 25.3 Å². The number of nitrogens with one attached hydrogen (secondary N) is 1. The van der Waals surface area contributed by atoms with Gasteiger partial charge in [0.2, 0.25) is 0 Å². The molecule has 1 aromatic rings. The van der Waals surface area contributed by atoms with E-state index in [1.807, 2.05) is 0 Å². The number of hydrogen-bond donors (Lipinski definition) is 2. The molecule has 0 spiro atoms. The first kappa shape index (κ1) is 15.5. The number of hydrogen-bond acceptors (Lipinski definition) is 3. The van der Waals surface area contributed by atoms with E-state index in [-0.39, 0.29) is 0 Å². The third kappa shape index (κ3) is 3.25. The van der Waals surface area contributed by atoms with Crippen molar-refractivity contribution in [1.82, 2.24) is 5.32 Å². The molecule has 102 valence electrons. The molecule has 0 fully saturated rings. The molecule has 0 unspecified atom stereocenters. The molecular formula is C14H23BrN2O. The molecule has 3 nitrogen and oxygen atoms in total. The van der Waals surface area contributed by atoms with Crippen LogP contribution in [0.1, 0.15) is 22.3 Å². The highest BCUT2D eigenvalue weighted by Crippen LogP contribution is 2.36. The molecule has 0 radical (unpaired) electrons. The zero-order valence-corrected chi connectivity index (χ0v) is 13.3. The lowest BCUT2D eigenvalue weighted by atomic mass is 9.97. The molecule has 0 heterocycles. The Bertz CT molecular complexity index is 419. The van der Waals surface area contributed by atoms with Crippen LogP contribution < -0.4 is 15.8 Å². The van der Waals surface area contributed by atoms with Crippen LogP contribution in [0, 0.1) is 20.8 Å². The Kier molecular flexibility index (Phi) is 6.12. The van der Waals surface area contributed by atoms with Gasteiger partial charge in [0.1, 0.15) is 5.75 Å². The molecule has 0 bridgehead atoms. The lowest BCUT2D eigenvalue weighted by Gasteiger charge is -2.19. The van der Waals surface area contributed by atoms with Gasteiger partial charge in [0.15, 0.2) is 0 Å². The summed E-state index contributed by atoms with van der Waals surface area (Å²) in [7, 11) is 1.74. The largest absolute Gasteiger partial charge is 0.496 e. The Morgan fingerprint density at radius 3 is 2.33 bits per heavy atom. The summed E-state index contributed by atoms with van der Waals surface area (Å²) in [6.45, 7) is 8.81. The molecular weight excluding hydrogens is 292 g/mol. The van der Waals surface area contributed by atoms with Gasteiger partial charge in [-0.15, -0.1) is 0 Å². The zero-order valence-electron chi connectivity index (χ0n) is 11.7. The summed E-state index contributed by atoms with van der Waals surface area (Å²) in [5.41, 5.74) is 10.5. The maximum Gasteiger partial charge on any atom is 0.125 e. The number of nitrogens with two attached hydrogens (primary N) is 1. The number of rotatable bonds is 6. The average Bonchev–Trinajstić information content (AvgIpc) is 2.38. The van der Waals surface area contributed by atoms with Gasteiger partial charge in [-0.25, -0.2) is 0 Å². The van der Waals surface area contributed by atoms with E-state index in [1.165, 1.54) is 26.7 Å². The van der Waals surface area contributed by atoms with Crippen LogP contribution in [0.15, 0.2) is 4.47 Å². The molecule has 0 aromatic heterocycles. The fraction of sp³-hybridized carbons (Fsp3) is 0.571. The summed E-state index contributed by atoms with van der Waals surface area (Å²) >= 11 is 3.67. The Labute approximate surface area is 118 Å². The summed E-state index contributed by atoms with van der Waals surface area (Å²) in [6, 6.07) is 0. The van der Waals surface area contributed by atoms with Gasteiger partial charge in [-0.2, -0.15) is 0 Å². The van der Waals surface area contributed by atoms with Crippen LogP contribution in [-0.4, -0.2) is 26.7 Å². The molecule has 3 N–H and O–H groups in total. The third-order valence-electron chi connectivity index (χ3n) is 3.37. The first-order valence-corrected chi connectivity index (χ1v) is 7.06. The molecule has 0 aliphatic carbocycles. The first-order chi connectivity index (χ1) is 8.54. The van der Waals surface area contributed by atoms with Crippen molar-refractivity contribution < 1.29 is 4.74 Å². The van der Waals surface area contributed by atoms with Crippen molar-refractivity contribution in [2.75, 3.05) is 26.7 Å². The fourth-order valence-corrected chi connectivity index (χ4v) is 2.70. The van der Waals surface area contributed by atoms with Crippen LogP contribution in [0.25, 0.3) is 0 Å². The summed E-state index contributed by atoms with van der Waals surface area (Å²) in [5, 5.41) is 3.32. The predicted octanol–water partition coefficient (Wildman–Crippen LogP) is 2.47. The minimum absolute atomic E-state index is 0.673. The Hall–Kier alpha value is -0.580. The quantitative estimate of drug-likeness (QED) is 0.793. The van der Waals surface area contributed by atoms with Gasteiger partial charge >= 0.3 is 0 Å². The standard InChI is InChI=1S/C14H23BrN2O/c1-9-10(2)14(18-4)12(11(3)13(9)15)5-7-17-8-6-16/h17H,5-8,16H2,1-4H3. The average molecular weight is 315 g/mol. The van der Waals surface area contributed by atoms with Gasteiger partial charge in [0, 0.05) is 17.6 Å². The SMILES string of the molecule is COc1c(C)c(C)c(Br)c(C)c1CCNCCN. The van der Waals surface area contributed by atoms with Gasteiger partial charge in [-0.3, -0.25) is 0 Å². The highest BCUT2D eigenvalue weighted by Gasteiger charge is 2.16. The summed E-state index contributed by atoms with van der Waals surface area (Å²) in [5.74, 6) is 1.02. The van der Waals surface area contributed by atoms with E-state index in [9.17, 15) is 0 Å². The molecule has 0 aliphatic heterocycles. The second-order valence-corrected chi connectivity index (χ2v) is 5.28. The van der Waals surface area contributed by atoms with Crippen molar-refractivity contribution >= 4 is 15.9 Å². The minimum atomic E-state index is 0.673. The highest BCUT2D eigenvalue weighted by molar-refractivity contribution is 9.10. The zero-order chi connectivity index (χ0) is 13.7. The molecule has 0 aliphatic rings. The van der Waals surface area contributed by atoms with Gasteiger partial charge in [0.05, 0.1) is 7.11 Å². The highest BCUT2D eigenvalue weighted by atomic mass is 79.9. The Balaban J connectivity index is 3.01. The summed E-state index contributed by atoms with van der Waals surface area (Å²) < 4.78 is 6.77. The second-order valence-electron chi connectivity index (χ2n) is 4.49. The Morgan fingerprint density at radius 2 is 1.78 bits per heavy atom. The predicted molar refractivity (Wildman–Crippen MR) is 80.5 cm³/mol. The monoisotopic (exact) mass is 314 g/mol. The van der Waals surface area contributed by atoms with Crippen molar-refractivity contribution in [1.29, 1.82) is 0 Å². The topological polar surface area (TPSA) is 47.3 Å².